The molecular formula is C16H25N3O4S. The molecule has 1 aromatic heterocycles. The van der Waals surface area contributed by atoms with Crippen molar-refractivity contribution in [2.24, 2.45) is 11.8 Å². The lowest BCUT2D eigenvalue weighted by Gasteiger charge is -2.23. The Balaban J connectivity index is 2.02. The van der Waals surface area contributed by atoms with Gasteiger partial charge in [0.25, 0.3) is 5.91 Å². The summed E-state index contributed by atoms with van der Waals surface area (Å²) in [5.74, 6) is 0.524. The number of carbonyl (C=O) groups excluding carboxylic acids is 1. The fourth-order valence-electron chi connectivity index (χ4n) is 3.02. The lowest BCUT2D eigenvalue weighted by atomic mass is 9.91. The zero-order valence-corrected chi connectivity index (χ0v) is 15.1. The third-order valence-corrected chi connectivity index (χ3v) is 5.36. The van der Waals surface area contributed by atoms with Crippen LogP contribution in [-0.4, -0.2) is 61.9 Å². The number of likely N-dealkylation sites (tertiary alicyclic amines) is 1. The predicted octanol–water partition coefficient (Wildman–Crippen LogP) is 0.106. The summed E-state index contributed by atoms with van der Waals surface area (Å²) in [5.41, 5.74) is 0.158. The molecule has 24 heavy (non-hydrogen) atoms. The number of sulfone groups is 1. The van der Waals surface area contributed by atoms with Crippen molar-refractivity contribution in [3.63, 3.8) is 0 Å². The van der Waals surface area contributed by atoms with Crippen molar-refractivity contribution in [1.29, 1.82) is 0 Å². The zero-order valence-electron chi connectivity index (χ0n) is 14.3. The SMILES string of the molecule is CC(C)C1CN(CCS(C)(=O)=O)CC1NC(=O)c1ccc(=O)[nH]c1. The number of hydrogen-bond acceptors (Lipinski definition) is 5. The van der Waals surface area contributed by atoms with Crippen molar-refractivity contribution in [3.05, 3.63) is 34.2 Å². The molecule has 2 unspecified atom stereocenters. The molecule has 2 N–H and O–H groups in total. The van der Waals surface area contributed by atoms with Gasteiger partial charge in [-0.05, 0) is 17.9 Å². The van der Waals surface area contributed by atoms with Gasteiger partial charge in [-0.2, -0.15) is 0 Å². The van der Waals surface area contributed by atoms with Gasteiger partial charge in [-0.15, -0.1) is 0 Å². The molecular weight excluding hydrogens is 330 g/mol. The van der Waals surface area contributed by atoms with E-state index < -0.39 is 9.84 Å². The standard InChI is InChI=1S/C16H25N3O4S/c1-11(2)13-9-19(6-7-24(3,22)23)10-14(13)18-16(21)12-4-5-15(20)17-8-12/h4-5,8,11,13-14H,6-7,9-10H2,1-3H3,(H,17,20)(H,18,21). The number of nitrogens with one attached hydrogen (secondary N) is 2. The fourth-order valence-corrected chi connectivity index (χ4v) is 3.61. The molecule has 0 aromatic carbocycles. The van der Waals surface area contributed by atoms with Gasteiger partial charge in [-0.25, -0.2) is 8.42 Å². The van der Waals surface area contributed by atoms with Crippen molar-refractivity contribution in [3.8, 4) is 0 Å². The first-order valence-corrected chi connectivity index (χ1v) is 10.1. The van der Waals surface area contributed by atoms with E-state index in [4.69, 9.17) is 0 Å². The highest BCUT2D eigenvalue weighted by atomic mass is 32.2. The van der Waals surface area contributed by atoms with Gasteiger partial charge in [0.05, 0.1) is 11.3 Å². The van der Waals surface area contributed by atoms with E-state index in [-0.39, 0.29) is 29.2 Å². The third-order valence-electron chi connectivity index (χ3n) is 4.44. The molecule has 2 rings (SSSR count). The molecule has 0 radical (unpaired) electrons. The van der Waals surface area contributed by atoms with Crippen molar-refractivity contribution in [1.82, 2.24) is 15.2 Å². The van der Waals surface area contributed by atoms with Gasteiger partial charge in [0.15, 0.2) is 0 Å². The Hall–Kier alpha value is -1.67. The minimum Gasteiger partial charge on any atom is -0.348 e. The maximum absolute atomic E-state index is 12.4. The fraction of sp³-hybridized carbons (Fsp3) is 0.625. The second kappa shape index (κ2) is 7.48. The summed E-state index contributed by atoms with van der Waals surface area (Å²) in [4.78, 5) is 28.0. The van der Waals surface area contributed by atoms with Gasteiger partial charge in [-0.1, -0.05) is 13.8 Å². The minimum absolute atomic E-state index is 0.0380. The summed E-state index contributed by atoms with van der Waals surface area (Å²) in [6.07, 6.45) is 2.64. The molecule has 0 saturated carbocycles. The van der Waals surface area contributed by atoms with E-state index in [1.54, 1.807) is 0 Å². The summed E-state index contributed by atoms with van der Waals surface area (Å²) in [5, 5.41) is 3.02. The van der Waals surface area contributed by atoms with Gasteiger partial charge in [0.1, 0.15) is 9.84 Å². The Morgan fingerprint density at radius 3 is 2.62 bits per heavy atom. The number of aromatic nitrogens is 1. The average molecular weight is 355 g/mol. The summed E-state index contributed by atoms with van der Waals surface area (Å²) in [6.45, 7) is 6.08. The number of rotatable bonds is 6. The molecule has 8 heteroatoms. The Labute approximate surface area is 142 Å². The normalized spacial score (nSPS) is 22.0. The van der Waals surface area contributed by atoms with Crippen LogP contribution in [0.4, 0.5) is 0 Å². The van der Waals surface area contributed by atoms with Crippen LogP contribution in [-0.2, 0) is 9.84 Å². The molecule has 1 aliphatic heterocycles. The number of amides is 1. The van der Waals surface area contributed by atoms with Gasteiger partial charge >= 0.3 is 0 Å². The molecule has 134 valence electrons. The molecule has 2 heterocycles. The molecule has 7 nitrogen and oxygen atoms in total. The molecule has 1 fully saturated rings. The lowest BCUT2D eigenvalue weighted by molar-refractivity contribution is 0.0925. The second-order valence-corrected chi connectivity index (χ2v) is 9.08. The first-order valence-electron chi connectivity index (χ1n) is 8.05. The van der Waals surface area contributed by atoms with Crippen LogP contribution >= 0.6 is 0 Å². The number of pyridine rings is 1. The highest BCUT2D eigenvalue weighted by Crippen LogP contribution is 2.24. The van der Waals surface area contributed by atoms with Crippen LogP contribution in [0.1, 0.15) is 24.2 Å². The van der Waals surface area contributed by atoms with Crippen LogP contribution in [0.2, 0.25) is 0 Å². The topological polar surface area (TPSA) is 99.3 Å². The third kappa shape index (κ3) is 5.17. The smallest absolute Gasteiger partial charge is 0.253 e. The van der Waals surface area contributed by atoms with Crippen molar-refractivity contribution >= 4 is 15.7 Å². The van der Waals surface area contributed by atoms with E-state index >= 15 is 0 Å². The Morgan fingerprint density at radius 1 is 1.38 bits per heavy atom. The molecule has 0 aliphatic carbocycles. The molecule has 0 bridgehead atoms. The average Bonchev–Trinajstić information content (AvgIpc) is 2.88. The number of carbonyl (C=O) groups is 1. The van der Waals surface area contributed by atoms with Crippen molar-refractivity contribution in [2.75, 3.05) is 31.6 Å². The van der Waals surface area contributed by atoms with Crippen LogP contribution in [0.5, 0.6) is 0 Å². The predicted molar refractivity (Wildman–Crippen MR) is 92.8 cm³/mol. The Bertz CT molecular complexity index is 721. The number of hydrogen-bond donors (Lipinski definition) is 2. The van der Waals surface area contributed by atoms with Gasteiger partial charge in [0, 0.05) is 44.2 Å². The van der Waals surface area contributed by atoms with E-state index in [9.17, 15) is 18.0 Å². The summed E-state index contributed by atoms with van der Waals surface area (Å²) in [6, 6.07) is 2.78. The number of aromatic amines is 1. The van der Waals surface area contributed by atoms with Crippen LogP contribution in [0.25, 0.3) is 0 Å². The maximum Gasteiger partial charge on any atom is 0.253 e. The molecule has 1 aromatic rings. The molecule has 1 aliphatic rings. The summed E-state index contributed by atoms with van der Waals surface area (Å²) < 4.78 is 22.7. The summed E-state index contributed by atoms with van der Waals surface area (Å²) in [7, 11) is -3.00. The van der Waals surface area contributed by atoms with E-state index in [1.165, 1.54) is 24.6 Å². The summed E-state index contributed by atoms with van der Waals surface area (Å²) >= 11 is 0. The van der Waals surface area contributed by atoms with E-state index in [1.807, 2.05) is 0 Å². The first kappa shape index (κ1) is 18.7. The van der Waals surface area contributed by atoms with Crippen LogP contribution < -0.4 is 10.9 Å². The van der Waals surface area contributed by atoms with Crippen LogP contribution in [0.3, 0.4) is 0 Å². The second-order valence-electron chi connectivity index (χ2n) is 6.82. The van der Waals surface area contributed by atoms with Gasteiger partial charge in [-0.3, -0.25) is 14.5 Å². The first-order chi connectivity index (χ1) is 11.2. The molecule has 0 spiro atoms. The van der Waals surface area contributed by atoms with E-state index in [0.717, 1.165) is 6.54 Å². The number of nitrogens with zero attached hydrogens (tertiary/aromatic N) is 1. The quantitative estimate of drug-likeness (QED) is 0.754. The molecule has 1 amide bonds. The largest absolute Gasteiger partial charge is 0.348 e. The van der Waals surface area contributed by atoms with Crippen molar-refractivity contribution < 1.29 is 13.2 Å². The van der Waals surface area contributed by atoms with Crippen molar-refractivity contribution in [2.45, 2.75) is 19.9 Å². The molecule has 2 atom stereocenters. The lowest BCUT2D eigenvalue weighted by Crippen LogP contribution is -2.42. The maximum atomic E-state index is 12.4. The zero-order chi connectivity index (χ0) is 17.9. The number of H-pyrrole nitrogens is 1. The highest BCUT2D eigenvalue weighted by molar-refractivity contribution is 7.90. The van der Waals surface area contributed by atoms with E-state index in [0.29, 0.717) is 24.6 Å². The highest BCUT2D eigenvalue weighted by Gasteiger charge is 2.35. The van der Waals surface area contributed by atoms with Gasteiger partial charge < -0.3 is 10.3 Å². The minimum atomic E-state index is -3.00. The molecule has 1 saturated heterocycles. The Kier molecular flexibility index (Phi) is 5.82. The Morgan fingerprint density at radius 2 is 2.08 bits per heavy atom. The van der Waals surface area contributed by atoms with E-state index in [2.05, 4.69) is 29.0 Å². The monoisotopic (exact) mass is 355 g/mol. The van der Waals surface area contributed by atoms with Gasteiger partial charge in [0.2, 0.25) is 5.56 Å². The van der Waals surface area contributed by atoms with Crippen LogP contribution in [0.15, 0.2) is 23.1 Å². The van der Waals surface area contributed by atoms with Crippen LogP contribution in [0, 0.1) is 11.8 Å².